The van der Waals surface area contributed by atoms with Gasteiger partial charge in [-0.25, -0.2) is 0 Å². The molecular formula is C13H18ClNOS. The Morgan fingerprint density at radius 3 is 2.76 bits per heavy atom. The molecule has 1 amide bonds. The Labute approximate surface area is 112 Å². The first-order valence-electron chi connectivity index (χ1n) is 5.99. The Bertz CT molecular complexity index is 410. The van der Waals surface area contributed by atoms with Crippen LogP contribution in [0.5, 0.6) is 0 Å². The van der Waals surface area contributed by atoms with E-state index in [1.165, 1.54) is 10.4 Å². The second-order valence-electron chi connectivity index (χ2n) is 4.88. The molecule has 2 unspecified atom stereocenters. The van der Waals surface area contributed by atoms with Crippen molar-refractivity contribution in [1.82, 2.24) is 4.90 Å². The first kappa shape index (κ1) is 12.9. The minimum atomic E-state index is 0.168. The number of aryl methyl sites for hydroxylation is 2. The number of nitrogens with zero attached hydrogens (tertiary/aromatic N) is 1. The molecule has 4 heteroatoms. The summed E-state index contributed by atoms with van der Waals surface area (Å²) < 4.78 is 0. The molecule has 2 atom stereocenters. The summed E-state index contributed by atoms with van der Waals surface area (Å²) in [5, 5.41) is 0.214. The molecule has 1 aliphatic rings. The van der Waals surface area contributed by atoms with Crippen LogP contribution in [0.4, 0.5) is 0 Å². The molecule has 2 rings (SSSR count). The molecule has 1 aromatic rings. The minimum absolute atomic E-state index is 0.168. The number of carbonyl (C=O) groups is 1. The summed E-state index contributed by atoms with van der Waals surface area (Å²) in [4.78, 5) is 16.3. The van der Waals surface area contributed by atoms with E-state index in [9.17, 15) is 4.79 Å². The number of thiophene rings is 1. The van der Waals surface area contributed by atoms with Crippen LogP contribution in [0, 0.1) is 19.8 Å². The fraction of sp³-hybridized carbons (Fsp3) is 0.615. The average molecular weight is 272 g/mol. The first-order chi connectivity index (χ1) is 7.99. The zero-order chi connectivity index (χ0) is 12.6. The van der Waals surface area contributed by atoms with Crippen LogP contribution >= 0.6 is 22.9 Å². The van der Waals surface area contributed by atoms with Gasteiger partial charge in [0.2, 0.25) is 0 Å². The van der Waals surface area contributed by atoms with Crippen LogP contribution in [0.15, 0.2) is 6.07 Å². The molecule has 0 saturated carbocycles. The number of halogens is 1. The third-order valence-electron chi connectivity index (χ3n) is 3.46. The molecule has 1 saturated heterocycles. The van der Waals surface area contributed by atoms with Crippen LogP contribution in [0.1, 0.15) is 33.5 Å². The topological polar surface area (TPSA) is 20.3 Å². The van der Waals surface area contributed by atoms with Crippen LogP contribution in [0.25, 0.3) is 0 Å². The van der Waals surface area contributed by atoms with Gasteiger partial charge in [0.05, 0.1) is 4.88 Å². The van der Waals surface area contributed by atoms with Crippen LogP contribution < -0.4 is 0 Å². The number of alkyl halides is 1. The standard InChI is InChI=1S/C13H18ClNOS/c1-8-6-12(17-10(8)3)13(16)15-5-4-11(14)9(2)7-15/h6,9,11H,4-5,7H2,1-3H3. The number of piperidine rings is 1. The van der Waals surface area contributed by atoms with Gasteiger partial charge in [0.1, 0.15) is 0 Å². The number of hydrogen-bond donors (Lipinski definition) is 0. The van der Waals surface area contributed by atoms with Crippen molar-refractivity contribution < 1.29 is 4.79 Å². The van der Waals surface area contributed by atoms with E-state index < -0.39 is 0 Å². The van der Waals surface area contributed by atoms with E-state index in [1.807, 2.05) is 11.0 Å². The summed E-state index contributed by atoms with van der Waals surface area (Å²) in [6.07, 6.45) is 0.901. The third kappa shape index (κ3) is 2.66. The highest BCUT2D eigenvalue weighted by atomic mass is 35.5. The second kappa shape index (κ2) is 4.99. The lowest BCUT2D eigenvalue weighted by Crippen LogP contribution is -2.43. The fourth-order valence-corrected chi connectivity index (χ4v) is 3.31. The Morgan fingerprint density at radius 2 is 2.24 bits per heavy atom. The summed E-state index contributed by atoms with van der Waals surface area (Å²) in [6, 6.07) is 2.00. The Balaban J connectivity index is 2.10. The lowest BCUT2D eigenvalue weighted by Gasteiger charge is -2.33. The molecule has 0 aromatic carbocycles. The summed E-state index contributed by atoms with van der Waals surface area (Å²) in [7, 11) is 0. The smallest absolute Gasteiger partial charge is 0.263 e. The maximum absolute atomic E-state index is 12.3. The van der Waals surface area contributed by atoms with Gasteiger partial charge in [0, 0.05) is 23.3 Å². The predicted molar refractivity (Wildman–Crippen MR) is 73.1 cm³/mol. The zero-order valence-electron chi connectivity index (χ0n) is 10.5. The van der Waals surface area contributed by atoms with Crippen LogP contribution in [-0.2, 0) is 0 Å². The van der Waals surface area contributed by atoms with Crippen molar-refractivity contribution in [2.75, 3.05) is 13.1 Å². The first-order valence-corrected chi connectivity index (χ1v) is 7.24. The van der Waals surface area contributed by atoms with Crippen molar-refractivity contribution in [2.24, 2.45) is 5.92 Å². The number of rotatable bonds is 1. The van der Waals surface area contributed by atoms with Gasteiger partial charge in [0.25, 0.3) is 5.91 Å². The van der Waals surface area contributed by atoms with E-state index in [-0.39, 0.29) is 11.3 Å². The minimum Gasteiger partial charge on any atom is -0.338 e. The van der Waals surface area contributed by atoms with E-state index in [0.717, 1.165) is 24.4 Å². The molecule has 1 fully saturated rings. The normalized spacial score (nSPS) is 25.1. The van der Waals surface area contributed by atoms with E-state index >= 15 is 0 Å². The van der Waals surface area contributed by atoms with Crippen LogP contribution in [0.2, 0.25) is 0 Å². The molecule has 0 aliphatic carbocycles. The molecule has 17 heavy (non-hydrogen) atoms. The zero-order valence-corrected chi connectivity index (χ0v) is 12.1. The molecule has 0 N–H and O–H groups in total. The second-order valence-corrected chi connectivity index (χ2v) is 6.70. The Hall–Kier alpha value is -0.540. The van der Waals surface area contributed by atoms with Gasteiger partial charge in [-0.2, -0.15) is 0 Å². The highest BCUT2D eigenvalue weighted by molar-refractivity contribution is 7.14. The van der Waals surface area contributed by atoms with Crippen molar-refractivity contribution in [2.45, 2.75) is 32.6 Å². The van der Waals surface area contributed by atoms with Crippen molar-refractivity contribution in [3.8, 4) is 0 Å². The van der Waals surface area contributed by atoms with Crippen molar-refractivity contribution in [3.63, 3.8) is 0 Å². The number of likely N-dealkylation sites (tertiary alicyclic amines) is 1. The fourth-order valence-electron chi connectivity index (χ4n) is 2.14. The summed E-state index contributed by atoms with van der Waals surface area (Å²) >= 11 is 7.77. The highest BCUT2D eigenvalue weighted by Crippen LogP contribution is 2.26. The number of amides is 1. The summed E-state index contributed by atoms with van der Waals surface area (Å²) in [6.45, 7) is 7.79. The molecule has 2 heterocycles. The van der Waals surface area contributed by atoms with Gasteiger partial charge in [-0.1, -0.05) is 6.92 Å². The monoisotopic (exact) mass is 271 g/mol. The number of carbonyl (C=O) groups excluding carboxylic acids is 1. The lowest BCUT2D eigenvalue weighted by atomic mass is 9.99. The summed E-state index contributed by atoms with van der Waals surface area (Å²) in [5.41, 5.74) is 1.21. The maximum atomic E-state index is 12.3. The van der Waals surface area contributed by atoms with Crippen molar-refractivity contribution >= 4 is 28.8 Å². The largest absolute Gasteiger partial charge is 0.338 e. The van der Waals surface area contributed by atoms with Gasteiger partial charge in [0.15, 0.2) is 0 Å². The van der Waals surface area contributed by atoms with Gasteiger partial charge in [-0.05, 0) is 37.8 Å². The Kier molecular flexibility index (Phi) is 3.79. The van der Waals surface area contributed by atoms with Gasteiger partial charge in [-0.3, -0.25) is 4.79 Å². The van der Waals surface area contributed by atoms with Gasteiger partial charge >= 0.3 is 0 Å². The van der Waals surface area contributed by atoms with Crippen LogP contribution in [-0.4, -0.2) is 29.3 Å². The van der Waals surface area contributed by atoms with E-state index in [0.29, 0.717) is 5.92 Å². The van der Waals surface area contributed by atoms with Gasteiger partial charge < -0.3 is 4.90 Å². The molecule has 1 aromatic heterocycles. The molecule has 94 valence electrons. The molecule has 0 bridgehead atoms. The van der Waals surface area contributed by atoms with Gasteiger partial charge in [-0.15, -0.1) is 22.9 Å². The van der Waals surface area contributed by atoms with Crippen LogP contribution in [0.3, 0.4) is 0 Å². The quantitative estimate of drug-likeness (QED) is 0.717. The van der Waals surface area contributed by atoms with Crippen molar-refractivity contribution in [3.05, 3.63) is 21.4 Å². The molecule has 2 nitrogen and oxygen atoms in total. The SMILES string of the molecule is Cc1cc(C(=O)N2CCC(Cl)C(C)C2)sc1C. The average Bonchev–Trinajstić information content (AvgIpc) is 2.62. The summed E-state index contributed by atoms with van der Waals surface area (Å²) in [5.74, 6) is 0.554. The molecule has 0 spiro atoms. The molecular weight excluding hydrogens is 254 g/mol. The highest BCUT2D eigenvalue weighted by Gasteiger charge is 2.28. The number of hydrogen-bond acceptors (Lipinski definition) is 2. The van der Waals surface area contributed by atoms with Crippen molar-refractivity contribution in [1.29, 1.82) is 0 Å². The Morgan fingerprint density at radius 1 is 1.53 bits per heavy atom. The predicted octanol–water partition coefficient (Wildman–Crippen LogP) is 3.45. The maximum Gasteiger partial charge on any atom is 0.263 e. The molecule has 0 radical (unpaired) electrons. The van der Waals surface area contributed by atoms with E-state index in [4.69, 9.17) is 11.6 Å². The lowest BCUT2D eigenvalue weighted by molar-refractivity contribution is 0.0692. The van der Waals surface area contributed by atoms with E-state index in [1.54, 1.807) is 11.3 Å². The molecule has 1 aliphatic heterocycles. The van der Waals surface area contributed by atoms with E-state index in [2.05, 4.69) is 20.8 Å². The third-order valence-corrected chi connectivity index (χ3v) is 5.25.